The lowest BCUT2D eigenvalue weighted by Gasteiger charge is -2.12. The molecule has 0 bridgehead atoms. The molecule has 5 aromatic rings. The van der Waals surface area contributed by atoms with Crippen molar-refractivity contribution in [2.45, 2.75) is 13.1 Å². The number of aromatic amines is 1. The fourth-order valence-corrected chi connectivity index (χ4v) is 4.72. The van der Waals surface area contributed by atoms with E-state index < -0.39 is 17.6 Å². The van der Waals surface area contributed by atoms with Gasteiger partial charge in [0.15, 0.2) is 0 Å². The number of hydrogen-bond acceptors (Lipinski definition) is 4. The van der Waals surface area contributed by atoms with E-state index in [1.807, 2.05) is 6.07 Å². The number of carbonyl (C=O) groups is 2. The monoisotopic (exact) mass is 494 g/mol. The van der Waals surface area contributed by atoms with Crippen molar-refractivity contribution in [2.75, 3.05) is 10.6 Å². The Morgan fingerprint density at radius 3 is 2.63 bits per heavy atom. The molecular formula is C25H17F3N4O2S. The molecule has 0 saturated heterocycles. The second kappa shape index (κ2) is 8.55. The summed E-state index contributed by atoms with van der Waals surface area (Å²) in [6.07, 6.45) is -1.05. The summed E-state index contributed by atoms with van der Waals surface area (Å²) in [5.74, 6) is -1.01. The Balaban J connectivity index is 1.36. The number of pyridine rings is 1. The lowest BCUT2D eigenvalue weighted by molar-refractivity contribution is -0.137. The molecule has 176 valence electrons. The molecule has 0 unspecified atom stereocenters. The van der Waals surface area contributed by atoms with Gasteiger partial charge in [-0.3, -0.25) is 9.59 Å². The Labute approximate surface area is 200 Å². The minimum absolute atomic E-state index is 0.124. The topological polar surface area (TPSA) is 86.9 Å². The summed E-state index contributed by atoms with van der Waals surface area (Å²) in [5.41, 5.74) is 1.28. The number of benzene rings is 2. The van der Waals surface area contributed by atoms with Gasteiger partial charge in [-0.05, 0) is 55.0 Å². The summed E-state index contributed by atoms with van der Waals surface area (Å²) in [7, 11) is 0. The molecule has 3 heterocycles. The van der Waals surface area contributed by atoms with Gasteiger partial charge in [0, 0.05) is 44.8 Å². The van der Waals surface area contributed by atoms with Crippen LogP contribution in [-0.4, -0.2) is 21.8 Å². The lowest BCUT2D eigenvalue weighted by atomic mass is 10.1. The van der Waals surface area contributed by atoms with Crippen molar-refractivity contribution in [1.29, 1.82) is 0 Å². The van der Waals surface area contributed by atoms with E-state index >= 15 is 0 Å². The van der Waals surface area contributed by atoms with Crippen LogP contribution >= 0.6 is 11.3 Å². The minimum atomic E-state index is -4.55. The number of alkyl halides is 3. The molecule has 35 heavy (non-hydrogen) atoms. The fourth-order valence-electron chi connectivity index (χ4n) is 3.67. The number of aryl methyl sites for hydroxylation is 1. The van der Waals surface area contributed by atoms with Crippen LogP contribution in [0.2, 0.25) is 0 Å². The van der Waals surface area contributed by atoms with Gasteiger partial charge in [0.25, 0.3) is 11.8 Å². The molecule has 0 aliphatic rings. The summed E-state index contributed by atoms with van der Waals surface area (Å²) in [6.45, 7) is 1.80. The van der Waals surface area contributed by atoms with E-state index in [9.17, 15) is 22.8 Å². The number of H-pyrrole nitrogens is 1. The van der Waals surface area contributed by atoms with Crippen LogP contribution in [-0.2, 0) is 6.18 Å². The maximum absolute atomic E-state index is 13.0. The molecule has 0 radical (unpaired) electrons. The van der Waals surface area contributed by atoms with Gasteiger partial charge in [0.2, 0.25) is 0 Å². The third-order valence-corrected chi connectivity index (χ3v) is 6.67. The van der Waals surface area contributed by atoms with Crippen molar-refractivity contribution >= 4 is 55.6 Å². The average molecular weight is 494 g/mol. The number of nitrogens with zero attached hydrogens (tertiary/aromatic N) is 1. The van der Waals surface area contributed by atoms with Crippen molar-refractivity contribution in [3.8, 4) is 0 Å². The van der Waals surface area contributed by atoms with E-state index in [4.69, 9.17) is 0 Å². The molecule has 2 amide bonds. The number of anilines is 2. The van der Waals surface area contributed by atoms with Gasteiger partial charge in [-0.15, -0.1) is 11.3 Å². The number of nitrogens with one attached hydrogen (secondary N) is 3. The summed E-state index contributed by atoms with van der Waals surface area (Å²) in [5, 5.41) is 7.23. The predicted molar refractivity (Wildman–Crippen MR) is 130 cm³/mol. The number of rotatable bonds is 4. The Morgan fingerprint density at radius 1 is 1.00 bits per heavy atom. The molecule has 0 saturated carbocycles. The molecular weight excluding hydrogens is 477 g/mol. The van der Waals surface area contributed by atoms with Crippen molar-refractivity contribution < 1.29 is 22.8 Å². The average Bonchev–Trinajstić information content (AvgIpc) is 3.47. The fraction of sp³-hybridized carbons (Fsp3) is 0.0800. The van der Waals surface area contributed by atoms with Crippen molar-refractivity contribution in [3.05, 3.63) is 88.6 Å². The van der Waals surface area contributed by atoms with E-state index in [1.54, 1.807) is 43.6 Å². The Hall–Kier alpha value is -4.18. The summed E-state index contributed by atoms with van der Waals surface area (Å²) in [6, 6.07) is 12.7. The van der Waals surface area contributed by atoms with E-state index in [1.165, 1.54) is 23.5 Å². The van der Waals surface area contributed by atoms with Crippen LogP contribution in [0, 0.1) is 6.92 Å². The van der Waals surface area contributed by atoms with Crippen LogP contribution in [0.15, 0.2) is 67.0 Å². The van der Waals surface area contributed by atoms with Crippen molar-refractivity contribution in [1.82, 2.24) is 9.97 Å². The summed E-state index contributed by atoms with van der Waals surface area (Å²) >= 11 is 1.35. The Kier molecular flexibility index (Phi) is 5.52. The number of thiophene rings is 1. The van der Waals surface area contributed by atoms with Crippen LogP contribution < -0.4 is 10.6 Å². The maximum atomic E-state index is 13.0. The number of carbonyl (C=O) groups excluding carboxylic acids is 2. The molecule has 6 nitrogen and oxygen atoms in total. The molecule has 0 spiro atoms. The Morgan fingerprint density at radius 2 is 1.83 bits per heavy atom. The molecule has 3 aromatic heterocycles. The Bertz CT molecular complexity index is 1600. The molecule has 5 rings (SSSR count). The lowest BCUT2D eigenvalue weighted by Crippen LogP contribution is -2.15. The van der Waals surface area contributed by atoms with Gasteiger partial charge in [0.05, 0.1) is 10.4 Å². The molecule has 0 fully saturated rings. The van der Waals surface area contributed by atoms with Gasteiger partial charge in [-0.2, -0.15) is 13.2 Å². The normalized spacial score (nSPS) is 11.7. The van der Waals surface area contributed by atoms with Crippen molar-refractivity contribution in [2.24, 2.45) is 0 Å². The first kappa shape index (κ1) is 22.6. The second-order valence-electron chi connectivity index (χ2n) is 7.91. The minimum Gasteiger partial charge on any atom is -0.346 e. The van der Waals surface area contributed by atoms with Gasteiger partial charge in [-0.25, -0.2) is 4.98 Å². The number of halogens is 3. The molecule has 2 aromatic carbocycles. The van der Waals surface area contributed by atoms with E-state index in [-0.39, 0.29) is 11.5 Å². The van der Waals surface area contributed by atoms with Crippen LogP contribution in [0.25, 0.3) is 21.1 Å². The smallest absolute Gasteiger partial charge is 0.346 e. The largest absolute Gasteiger partial charge is 0.416 e. The van der Waals surface area contributed by atoms with Crippen LogP contribution in [0.1, 0.15) is 31.2 Å². The standard InChI is InChI=1S/C25H17F3N4O2S/c1-13-5-6-17(31-23(33)14-3-2-4-16(9-14)25(26,27)28)11-19(13)32-24(34)20-10-15-12-30-22-18(7-8-29-22)21(15)35-20/h2-12H,1H3,(H,29,30)(H,31,33)(H,32,34). The van der Waals surface area contributed by atoms with Gasteiger partial charge < -0.3 is 15.6 Å². The zero-order chi connectivity index (χ0) is 24.7. The maximum Gasteiger partial charge on any atom is 0.416 e. The number of aromatic nitrogens is 2. The first-order chi connectivity index (χ1) is 16.7. The SMILES string of the molecule is Cc1ccc(NC(=O)c2cccc(C(F)(F)F)c2)cc1NC(=O)c1cc2cnc3[nH]ccc3c2s1. The second-order valence-corrected chi connectivity index (χ2v) is 8.96. The summed E-state index contributed by atoms with van der Waals surface area (Å²) < 4.78 is 39.9. The van der Waals surface area contributed by atoms with Gasteiger partial charge in [0.1, 0.15) is 5.65 Å². The zero-order valence-electron chi connectivity index (χ0n) is 18.2. The molecule has 0 aliphatic heterocycles. The molecule has 0 aliphatic carbocycles. The number of fused-ring (bicyclic) bond motifs is 3. The third kappa shape index (κ3) is 4.47. The molecule has 0 atom stereocenters. The van der Waals surface area contributed by atoms with Gasteiger partial charge in [-0.1, -0.05) is 12.1 Å². The van der Waals surface area contributed by atoms with Crippen LogP contribution in [0.3, 0.4) is 0 Å². The van der Waals surface area contributed by atoms with E-state index in [0.717, 1.165) is 38.8 Å². The highest BCUT2D eigenvalue weighted by Gasteiger charge is 2.31. The van der Waals surface area contributed by atoms with Crippen LogP contribution in [0.4, 0.5) is 24.5 Å². The predicted octanol–water partition coefficient (Wildman–Crippen LogP) is 6.61. The molecule has 3 N–H and O–H groups in total. The highest BCUT2D eigenvalue weighted by atomic mass is 32.1. The zero-order valence-corrected chi connectivity index (χ0v) is 19.0. The summed E-state index contributed by atoms with van der Waals surface area (Å²) in [4.78, 5) is 33.4. The van der Waals surface area contributed by atoms with E-state index in [0.29, 0.717) is 16.3 Å². The van der Waals surface area contributed by atoms with E-state index in [2.05, 4.69) is 20.6 Å². The highest BCUT2D eigenvalue weighted by molar-refractivity contribution is 7.21. The van der Waals surface area contributed by atoms with Crippen LogP contribution in [0.5, 0.6) is 0 Å². The molecule has 10 heteroatoms. The number of hydrogen-bond donors (Lipinski definition) is 3. The first-order valence-corrected chi connectivity index (χ1v) is 11.3. The third-order valence-electron chi connectivity index (χ3n) is 5.48. The number of amides is 2. The first-order valence-electron chi connectivity index (χ1n) is 10.5. The highest BCUT2D eigenvalue weighted by Crippen LogP contribution is 2.32. The quantitative estimate of drug-likeness (QED) is 0.263. The van der Waals surface area contributed by atoms with Gasteiger partial charge >= 0.3 is 6.18 Å². The van der Waals surface area contributed by atoms with Crippen molar-refractivity contribution in [3.63, 3.8) is 0 Å².